The van der Waals surface area contributed by atoms with Crippen LogP contribution in [0.3, 0.4) is 0 Å². The van der Waals surface area contributed by atoms with E-state index in [1.54, 1.807) is 43.9 Å². The minimum absolute atomic E-state index is 0. The van der Waals surface area contributed by atoms with E-state index in [0.717, 1.165) is 50.9 Å². The summed E-state index contributed by atoms with van der Waals surface area (Å²) in [6.45, 7) is 12.0. The molecule has 6 N–H and O–H groups in total. The Labute approximate surface area is 664 Å². The van der Waals surface area contributed by atoms with Gasteiger partial charge in [0.2, 0.25) is 29.9 Å². The van der Waals surface area contributed by atoms with Crippen molar-refractivity contribution in [1.82, 2.24) is 10.6 Å². The molecule has 0 spiro atoms. The number of benzene rings is 4. The third-order valence-corrected chi connectivity index (χ3v) is 14.5. The van der Waals surface area contributed by atoms with E-state index in [1.807, 2.05) is 55.5 Å². The molecule has 0 fully saturated rings. The molecule has 6 amide bonds. The molecule has 0 heterocycles. The number of ether oxygens (including phenoxy) is 14. The quantitative estimate of drug-likeness (QED) is 0.00597. The molecule has 4 aromatic carbocycles. The fourth-order valence-corrected chi connectivity index (χ4v) is 9.83. The summed E-state index contributed by atoms with van der Waals surface area (Å²) in [5.41, 5.74) is 9.18. The van der Waals surface area contributed by atoms with Gasteiger partial charge in [0.1, 0.15) is 33.0 Å². The van der Waals surface area contributed by atoms with Gasteiger partial charge in [-0.25, -0.2) is 29.2 Å². The maximum atomic E-state index is 12.8. The van der Waals surface area contributed by atoms with Gasteiger partial charge in [-0.2, -0.15) is 10.5 Å². The van der Waals surface area contributed by atoms with Gasteiger partial charge in [-0.05, 0) is 99.5 Å². The first kappa shape index (κ1) is 113. The Balaban J connectivity index is -0.000000462. The Morgan fingerprint density at radius 1 is 0.402 bits per heavy atom. The molecule has 0 aliphatic heterocycles. The summed E-state index contributed by atoms with van der Waals surface area (Å²) in [6, 6.07) is 22.1. The molecule has 0 aromatic heterocycles. The minimum Gasteiger partial charge on any atom is -0.486 e. The molecule has 0 saturated heterocycles. The predicted molar refractivity (Wildman–Crippen MR) is 435 cm³/mol. The van der Waals surface area contributed by atoms with Gasteiger partial charge in [0.25, 0.3) is 18.4 Å². The van der Waals surface area contributed by atoms with E-state index in [4.69, 9.17) is 67.4 Å². The highest BCUT2D eigenvalue weighted by Crippen LogP contribution is 2.48. The van der Waals surface area contributed by atoms with E-state index in [9.17, 15) is 38.4 Å². The van der Waals surface area contributed by atoms with Gasteiger partial charge in [-0.15, -0.1) is 0 Å². The van der Waals surface area contributed by atoms with Crippen molar-refractivity contribution >= 4 is 70.7 Å². The molecule has 32 nitrogen and oxygen atoms in total. The predicted octanol–water partition coefficient (Wildman–Crippen LogP) is 12.7. The molecule has 1 unspecified atom stereocenters. The number of alkyl carbamates (subject to hydrolysis) is 2. The number of aliphatic imine (C=N–C) groups is 2. The Bertz CT molecular complexity index is 3410. The van der Waals surface area contributed by atoms with Crippen LogP contribution in [0.15, 0.2) is 95.1 Å². The van der Waals surface area contributed by atoms with Crippen LogP contribution in [0.1, 0.15) is 141 Å². The topological polar surface area (TPSA) is 410 Å². The number of nitrogens with zero attached hydrogens (tertiary/aromatic N) is 4. The lowest BCUT2D eigenvalue weighted by atomic mass is 9.97. The number of fused-ring (bicyclic) bond motifs is 6. The maximum Gasteiger partial charge on any atom is 0.407 e. The van der Waals surface area contributed by atoms with Crippen LogP contribution in [0.2, 0.25) is 0 Å². The number of anilines is 4. The summed E-state index contributed by atoms with van der Waals surface area (Å²) in [5, 5.41) is 33.6. The van der Waals surface area contributed by atoms with E-state index in [-0.39, 0.29) is 234 Å². The normalized spacial score (nSPS) is 10.8. The van der Waals surface area contributed by atoms with Crippen molar-refractivity contribution in [1.29, 1.82) is 10.5 Å². The van der Waals surface area contributed by atoms with Crippen molar-refractivity contribution in [3.8, 4) is 34.8 Å². The number of nitriles is 2. The third-order valence-electron chi connectivity index (χ3n) is 14.5. The Morgan fingerprint density at radius 2 is 0.714 bits per heavy atom. The second-order valence-electron chi connectivity index (χ2n) is 21.7. The highest BCUT2D eigenvalue weighted by molar-refractivity contribution is 6.02. The zero-order chi connectivity index (χ0) is 73.2. The first-order chi connectivity index (χ1) is 49.8. The molecule has 6 rings (SSSR count). The summed E-state index contributed by atoms with van der Waals surface area (Å²) in [6.07, 6.45) is 5.97. The number of rotatable bonds is 51. The SMILES string of the molecule is C.C.C.C.C.C.C.C.C.C.C=C(OCCOCCN=C=O)C(=O)Nc1ccc2c(c1)C(COC(=O)NCCC)c1cc(NC(=O)CCOCCOCCN=C=O)ccc1-2.COCCOCCNC(=O)OCC1c2cc(NC(=O)CCOCCOCCOC#N)ccc2-c2ccc(NC(=O)CCOCCOCCOC#N)cc21. The summed E-state index contributed by atoms with van der Waals surface area (Å²) < 4.78 is 73.4. The average Bonchev–Trinajstić information content (AvgIpc) is 1.61. The van der Waals surface area contributed by atoms with Gasteiger partial charge in [-0.1, -0.05) is 112 Å². The van der Waals surface area contributed by atoms with Crippen LogP contribution >= 0.6 is 0 Å². The van der Waals surface area contributed by atoms with Crippen LogP contribution < -0.4 is 31.9 Å². The van der Waals surface area contributed by atoms with Crippen molar-refractivity contribution in [2.45, 2.75) is 119 Å². The molecule has 2 aliphatic carbocycles. The highest BCUT2D eigenvalue weighted by atomic mass is 16.6. The molecule has 630 valence electrons. The lowest BCUT2D eigenvalue weighted by Gasteiger charge is -2.16. The Morgan fingerprint density at radius 3 is 1.06 bits per heavy atom. The molecule has 0 radical (unpaired) electrons. The number of amides is 6. The van der Waals surface area contributed by atoms with E-state index in [0.29, 0.717) is 88.8 Å². The van der Waals surface area contributed by atoms with E-state index < -0.39 is 18.1 Å². The summed E-state index contributed by atoms with van der Waals surface area (Å²) in [4.78, 5) is 103. The average molecular weight is 1580 g/mol. The molecule has 4 aromatic rings. The Hall–Kier alpha value is -10.2. The van der Waals surface area contributed by atoms with Crippen LogP contribution in [0.25, 0.3) is 22.3 Å². The fraction of sp³-hybridized carbons (Fsp3) is 0.550. The lowest BCUT2D eigenvalue weighted by molar-refractivity contribution is -0.118. The molecule has 2 aliphatic rings. The van der Waals surface area contributed by atoms with E-state index in [2.05, 4.69) is 57.9 Å². The van der Waals surface area contributed by atoms with Gasteiger partial charge >= 0.3 is 12.2 Å². The van der Waals surface area contributed by atoms with Gasteiger partial charge in [-0.3, -0.25) is 19.2 Å². The van der Waals surface area contributed by atoms with Gasteiger partial charge < -0.3 is 98.2 Å². The second kappa shape index (κ2) is 68.8. The van der Waals surface area contributed by atoms with Crippen LogP contribution in [0.4, 0.5) is 32.3 Å². The number of carbonyl (C=O) groups is 6. The third kappa shape index (κ3) is 43.4. The number of methoxy groups -OCH3 is 1. The minimum atomic E-state index is -0.606. The largest absolute Gasteiger partial charge is 0.486 e. The zero-order valence-electron chi connectivity index (χ0n) is 57.3. The molecular weight excluding hydrogens is 1450 g/mol. The van der Waals surface area contributed by atoms with Crippen molar-refractivity contribution in [3.63, 3.8) is 0 Å². The van der Waals surface area contributed by atoms with Crippen LogP contribution in [0.5, 0.6) is 0 Å². The molecular formula is C80H128N10O22. The monoisotopic (exact) mass is 1580 g/mol. The van der Waals surface area contributed by atoms with Crippen LogP contribution in [-0.4, -0.2) is 227 Å². The molecule has 32 heteroatoms. The summed E-state index contributed by atoms with van der Waals surface area (Å²) in [5.74, 6) is -2.14. The number of isocyanates is 2. The van der Waals surface area contributed by atoms with Gasteiger partial charge in [0.15, 0.2) is 5.76 Å². The number of nitrogens with one attached hydrogen (secondary N) is 6. The van der Waals surface area contributed by atoms with E-state index in [1.165, 1.54) is 12.2 Å². The molecule has 1 atom stereocenters. The summed E-state index contributed by atoms with van der Waals surface area (Å²) >= 11 is 0. The lowest BCUT2D eigenvalue weighted by Crippen LogP contribution is -2.29. The van der Waals surface area contributed by atoms with Crippen molar-refractivity contribution in [2.24, 2.45) is 9.98 Å². The second-order valence-corrected chi connectivity index (χ2v) is 21.7. The van der Waals surface area contributed by atoms with Gasteiger partial charge in [0, 0.05) is 54.8 Å². The number of hydrogen-bond donors (Lipinski definition) is 6. The maximum absolute atomic E-state index is 12.8. The van der Waals surface area contributed by atoms with E-state index >= 15 is 0 Å². The van der Waals surface area contributed by atoms with Crippen LogP contribution in [0, 0.1) is 23.0 Å². The van der Waals surface area contributed by atoms with Gasteiger partial charge in [0.05, 0.1) is 145 Å². The van der Waals surface area contributed by atoms with Crippen LogP contribution in [-0.2, 0) is 95.1 Å². The highest BCUT2D eigenvalue weighted by Gasteiger charge is 2.33. The first-order valence-corrected chi connectivity index (χ1v) is 32.9. The molecule has 0 bridgehead atoms. The molecule has 112 heavy (non-hydrogen) atoms. The smallest absolute Gasteiger partial charge is 0.407 e. The first-order valence-electron chi connectivity index (χ1n) is 32.9. The number of hydrogen-bond acceptors (Lipinski definition) is 26. The summed E-state index contributed by atoms with van der Waals surface area (Å²) in [7, 11) is 1.58. The van der Waals surface area contributed by atoms with Crippen molar-refractivity contribution in [3.05, 3.63) is 107 Å². The fourth-order valence-electron chi connectivity index (χ4n) is 9.83. The zero-order valence-corrected chi connectivity index (χ0v) is 57.3. The number of carbonyl (C=O) groups excluding carboxylic acids is 8. The standard InChI is InChI=1S/C36H47N5O12.C34H41N5O10.10CH4/c1-45-12-13-48-11-8-39-36(44)53-24-33-31-22-27(40-34(42)6-9-46-14-16-49-18-20-51-25-37)2-4-29(31)30-5-3-28(23-32(30)33)41-35(43)7-10-47-15-17-50-19-21-52-26-38;1-3-9-37-34(44)49-21-31-29-19-25(38-32(42)8-12-45-15-16-46-13-10-35-22-40)4-6-27(29)28-7-5-26(20-30(28)31)39-33(43)24(2)48-18-17-47-14-11-36-23-41;;;;;;;;;;/h2-5,22-23,33H,6-21,24H2,1H3,(H,39,44)(H,40,42)(H,41,43);4-7,19-20,31H,2-3,8-18,21H2,1H3,(H,37,44)(H,38,42)(H,39,43);10*1H4. The van der Waals surface area contributed by atoms with Crippen molar-refractivity contribution in [2.75, 3.05) is 200 Å². The van der Waals surface area contributed by atoms with Crippen molar-refractivity contribution < 1.29 is 105 Å². The molecule has 0 saturated carbocycles. The Kier molecular flexibility index (Phi) is 69.3.